The Morgan fingerprint density at radius 3 is 2.93 bits per heavy atom. The number of hydrogen-bond acceptors (Lipinski definition) is 3. The second kappa shape index (κ2) is 4.94. The van der Waals surface area contributed by atoms with Crippen LogP contribution in [-0.2, 0) is 9.53 Å². The standard InChI is InChI=1S/C11H20N2O2/c1-12-11(14)10-6-8(2-4-13-10)9-3-5-15-7-9/h8-10,13H,2-7H2,1H3,(H,12,14). The molecule has 2 fully saturated rings. The normalized spacial score (nSPS) is 36.5. The summed E-state index contributed by atoms with van der Waals surface area (Å²) in [7, 11) is 1.70. The topological polar surface area (TPSA) is 50.4 Å². The van der Waals surface area contributed by atoms with Crippen molar-refractivity contribution in [1.82, 2.24) is 10.6 Å². The molecule has 2 aliphatic heterocycles. The Morgan fingerprint density at radius 2 is 2.27 bits per heavy atom. The van der Waals surface area contributed by atoms with Gasteiger partial charge in [0, 0.05) is 20.3 Å². The van der Waals surface area contributed by atoms with Crippen LogP contribution in [0.1, 0.15) is 19.3 Å². The van der Waals surface area contributed by atoms with Gasteiger partial charge in [0.2, 0.25) is 5.91 Å². The van der Waals surface area contributed by atoms with E-state index in [9.17, 15) is 4.79 Å². The summed E-state index contributed by atoms with van der Waals surface area (Å²) in [4.78, 5) is 11.5. The predicted molar refractivity (Wildman–Crippen MR) is 57.5 cm³/mol. The molecule has 1 amide bonds. The molecule has 0 saturated carbocycles. The van der Waals surface area contributed by atoms with Crippen LogP contribution in [0.2, 0.25) is 0 Å². The number of hydrogen-bond donors (Lipinski definition) is 2. The fraction of sp³-hybridized carbons (Fsp3) is 0.909. The number of rotatable bonds is 2. The molecule has 2 saturated heterocycles. The molecular weight excluding hydrogens is 192 g/mol. The minimum Gasteiger partial charge on any atom is -0.381 e. The average molecular weight is 212 g/mol. The minimum absolute atomic E-state index is 0.00866. The zero-order valence-electron chi connectivity index (χ0n) is 9.29. The molecule has 0 aromatic heterocycles. The Hall–Kier alpha value is -0.610. The van der Waals surface area contributed by atoms with Crippen LogP contribution in [0.25, 0.3) is 0 Å². The fourth-order valence-corrected chi connectivity index (χ4v) is 2.67. The van der Waals surface area contributed by atoms with Gasteiger partial charge in [-0.15, -0.1) is 0 Å². The van der Waals surface area contributed by atoms with Gasteiger partial charge in [-0.1, -0.05) is 0 Å². The van der Waals surface area contributed by atoms with Gasteiger partial charge in [0.15, 0.2) is 0 Å². The van der Waals surface area contributed by atoms with Crippen LogP contribution in [0.5, 0.6) is 0 Å². The number of piperidine rings is 1. The van der Waals surface area contributed by atoms with Crippen LogP contribution >= 0.6 is 0 Å². The van der Waals surface area contributed by atoms with E-state index in [2.05, 4.69) is 10.6 Å². The van der Waals surface area contributed by atoms with Gasteiger partial charge in [-0.25, -0.2) is 0 Å². The highest BCUT2D eigenvalue weighted by molar-refractivity contribution is 5.81. The summed E-state index contributed by atoms with van der Waals surface area (Å²) in [6, 6.07) is 0.00866. The molecule has 4 heteroatoms. The highest BCUT2D eigenvalue weighted by Gasteiger charge is 2.32. The van der Waals surface area contributed by atoms with E-state index in [1.54, 1.807) is 7.05 Å². The average Bonchev–Trinajstić information content (AvgIpc) is 2.82. The van der Waals surface area contributed by atoms with Gasteiger partial charge in [-0.05, 0) is 37.6 Å². The van der Waals surface area contributed by atoms with Gasteiger partial charge in [0.25, 0.3) is 0 Å². The molecule has 3 atom stereocenters. The Balaban J connectivity index is 1.88. The van der Waals surface area contributed by atoms with Crippen molar-refractivity contribution in [1.29, 1.82) is 0 Å². The Morgan fingerprint density at radius 1 is 1.40 bits per heavy atom. The molecule has 2 aliphatic rings. The SMILES string of the molecule is CNC(=O)C1CC(C2CCOC2)CCN1. The number of ether oxygens (including phenoxy) is 1. The Labute approximate surface area is 90.8 Å². The van der Waals surface area contributed by atoms with Crippen LogP contribution in [0.15, 0.2) is 0 Å². The monoisotopic (exact) mass is 212 g/mol. The van der Waals surface area contributed by atoms with Gasteiger partial charge in [0.1, 0.15) is 0 Å². The number of carbonyl (C=O) groups is 1. The quantitative estimate of drug-likeness (QED) is 0.684. The largest absolute Gasteiger partial charge is 0.381 e. The van der Waals surface area contributed by atoms with E-state index < -0.39 is 0 Å². The summed E-state index contributed by atoms with van der Waals surface area (Å²) in [5.41, 5.74) is 0. The van der Waals surface area contributed by atoms with Crippen molar-refractivity contribution in [3.05, 3.63) is 0 Å². The summed E-state index contributed by atoms with van der Waals surface area (Å²) in [5.74, 6) is 1.47. The lowest BCUT2D eigenvalue weighted by Gasteiger charge is -2.32. The van der Waals surface area contributed by atoms with Crippen LogP contribution in [0.3, 0.4) is 0 Å². The Kier molecular flexibility index (Phi) is 3.59. The molecule has 0 aromatic carbocycles. The summed E-state index contributed by atoms with van der Waals surface area (Å²) >= 11 is 0. The highest BCUT2D eigenvalue weighted by atomic mass is 16.5. The molecule has 15 heavy (non-hydrogen) atoms. The smallest absolute Gasteiger partial charge is 0.236 e. The maximum atomic E-state index is 11.5. The number of carbonyl (C=O) groups excluding carboxylic acids is 1. The second-order valence-electron chi connectivity index (χ2n) is 4.53. The van der Waals surface area contributed by atoms with E-state index in [-0.39, 0.29) is 11.9 Å². The van der Waals surface area contributed by atoms with Gasteiger partial charge >= 0.3 is 0 Å². The van der Waals surface area contributed by atoms with Gasteiger partial charge in [0.05, 0.1) is 6.04 Å². The molecule has 0 radical (unpaired) electrons. The third-order valence-corrected chi connectivity index (χ3v) is 3.64. The van der Waals surface area contributed by atoms with Gasteiger partial charge in [-0.2, -0.15) is 0 Å². The van der Waals surface area contributed by atoms with Crippen LogP contribution in [0.4, 0.5) is 0 Å². The van der Waals surface area contributed by atoms with Crippen LogP contribution < -0.4 is 10.6 Å². The second-order valence-corrected chi connectivity index (χ2v) is 4.53. The zero-order chi connectivity index (χ0) is 10.7. The molecule has 2 rings (SSSR count). The van der Waals surface area contributed by atoms with E-state index in [1.165, 1.54) is 12.8 Å². The summed E-state index contributed by atoms with van der Waals surface area (Å²) in [6.45, 7) is 2.75. The highest BCUT2D eigenvalue weighted by Crippen LogP contribution is 2.30. The van der Waals surface area contributed by atoms with Gasteiger partial charge in [-0.3, -0.25) is 4.79 Å². The number of amides is 1. The van der Waals surface area contributed by atoms with E-state index in [0.717, 1.165) is 26.2 Å². The first-order valence-electron chi connectivity index (χ1n) is 5.84. The minimum atomic E-state index is 0.00866. The maximum Gasteiger partial charge on any atom is 0.236 e. The van der Waals surface area contributed by atoms with Crippen molar-refractivity contribution in [2.75, 3.05) is 26.8 Å². The lowest BCUT2D eigenvalue weighted by atomic mass is 9.81. The lowest BCUT2D eigenvalue weighted by molar-refractivity contribution is -0.123. The molecule has 2 heterocycles. The first-order valence-corrected chi connectivity index (χ1v) is 5.84. The van der Waals surface area contributed by atoms with Crippen LogP contribution in [0, 0.1) is 11.8 Å². The fourth-order valence-electron chi connectivity index (χ4n) is 2.67. The van der Waals surface area contributed by atoms with E-state index in [4.69, 9.17) is 4.74 Å². The van der Waals surface area contributed by atoms with Crippen molar-refractivity contribution in [2.45, 2.75) is 25.3 Å². The summed E-state index contributed by atoms with van der Waals surface area (Å²) < 4.78 is 5.41. The molecule has 0 bridgehead atoms. The zero-order valence-corrected chi connectivity index (χ0v) is 9.29. The first-order chi connectivity index (χ1) is 7.31. The third kappa shape index (κ3) is 2.49. The predicted octanol–water partition coefficient (Wildman–Crippen LogP) is 0.137. The van der Waals surface area contributed by atoms with Crippen molar-refractivity contribution >= 4 is 5.91 Å². The van der Waals surface area contributed by atoms with E-state index in [1.807, 2.05) is 0 Å². The summed E-state index contributed by atoms with van der Waals surface area (Å²) in [6.07, 6.45) is 3.32. The molecule has 4 nitrogen and oxygen atoms in total. The van der Waals surface area contributed by atoms with E-state index >= 15 is 0 Å². The molecule has 0 aliphatic carbocycles. The van der Waals surface area contributed by atoms with Crippen LogP contribution in [-0.4, -0.2) is 38.8 Å². The molecular formula is C11H20N2O2. The van der Waals surface area contributed by atoms with Crippen molar-refractivity contribution in [3.8, 4) is 0 Å². The number of likely N-dealkylation sites (N-methyl/N-ethyl adjacent to an activating group) is 1. The number of nitrogens with one attached hydrogen (secondary N) is 2. The first kappa shape index (κ1) is 10.9. The Bertz CT molecular complexity index is 227. The lowest BCUT2D eigenvalue weighted by Crippen LogP contribution is -2.48. The van der Waals surface area contributed by atoms with Crippen molar-refractivity contribution < 1.29 is 9.53 Å². The maximum absolute atomic E-state index is 11.5. The third-order valence-electron chi connectivity index (χ3n) is 3.64. The van der Waals surface area contributed by atoms with Gasteiger partial charge < -0.3 is 15.4 Å². The summed E-state index contributed by atoms with van der Waals surface area (Å²) in [5, 5.41) is 5.98. The van der Waals surface area contributed by atoms with Crippen molar-refractivity contribution in [3.63, 3.8) is 0 Å². The molecule has 86 valence electrons. The molecule has 0 spiro atoms. The molecule has 0 aromatic rings. The van der Waals surface area contributed by atoms with E-state index in [0.29, 0.717) is 11.8 Å². The molecule has 3 unspecified atom stereocenters. The molecule has 2 N–H and O–H groups in total. The van der Waals surface area contributed by atoms with Crippen molar-refractivity contribution in [2.24, 2.45) is 11.8 Å².